The molecule has 0 saturated heterocycles. The summed E-state index contributed by atoms with van der Waals surface area (Å²) in [7, 11) is 0. The normalized spacial score (nSPS) is 10.0. The van der Waals surface area contributed by atoms with Gasteiger partial charge in [0.25, 0.3) is 0 Å². The number of hydrogen-bond acceptors (Lipinski definition) is 3. The van der Waals surface area contributed by atoms with Gasteiger partial charge in [0, 0.05) is 16.2 Å². The Kier molecular flexibility index (Phi) is 3.12. The van der Waals surface area contributed by atoms with E-state index >= 15 is 0 Å². The molecule has 0 unspecified atom stereocenters. The van der Waals surface area contributed by atoms with Crippen molar-refractivity contribution in [2.75, 3.05) is 0 Å². The minimum absolute atomic E-state index is 0.579. The van der Waals surface area contributed by atoms with Gasteiger partial charge in [0.1, 0.15) is 5.76 Å². The fourth-order valence-corrected chi connectivity index (χ4v) is 1.60. The van der Waals surface area contributed by atoms with Crippen molar-refractivity contribution in [1.29, 1.82) is 0 Å². The molecule has 0 radical (unpaired) electrons. The van der Waals surface area contributed by atoms with E-state index in [2.05, 4.69) is 15.0 Å². The average molecular weight is 228 g/mol. The number of azide groups is 1. The molecule has 1 aromatic heterocycles. The third-order valence-corrected chi connectivity index (χ3v) is 2.50. The van der Waals surface area contributed by atoms with Crippen LogP contribution in [0.4, 0.5) is 5.69 Å². The lowest BCUT2D eigenvalue weighted by Gasteiger charge is -1.95. The number of aryl methyl sites for hydroxylation is 2. The van der Waals surface area contributed by atoms with E-state index in [9.17, 15) is 0 Å². The van der Waals surface area contributed by atoms with Gasteiger partial charge in [0.15, 0.2) is 0 Å². The first kappa shape index (κ1) is 11.2. The fourth-order valence-electron chi connectivity index (χ4n) is 1.60. The van der Waals surface area contributed by atoms with Crippen LogP contribution < -0.4 is 0 Å². The lowest BCUT2D eigenvalue weighted by Crippen LogP contribution is -1.82. The standard InChI is InChI=1S/C12H12N4O/c1-3-11-8(2)17-12(14-11)9-4-6-10(7-5-9)15-16-13/h4-7H,3H2,1-2H3. The van der Waals surface area contributed by atoms with Gasteiger partial charge in [-0.2, -0.15) is 0 Å². The summed E-state index contributed by atoms with van der Waals surface area (Å²) in [6.45, 7) is 3.95. The topological polar surface area (TPSA) is 74.8 Å². The number of hydrogen-bond donors (Lipinski definition) is 0. The van der Waals surface area contributed by atoms with E-state index in [0.29, 0.717) is 11.6 Å². The zero-order chi connectivity index (χ0) is 12.3. The Hall–Kier alpha value is -2.26. The Labute approximate surface area is 98.7 Å². The van der Waals surface area contributed by atoms with E-state index < -0.39 is 0 Å². The molecule has 0 saturated carbocycles. The van der Waals surface area contributed by atoms with Gasteiger partial charge in [-0.25, -0.2) is 4.98 Å². The van der Waals surface area contributed by atoms with Crippen molar-refractivity contribution in [3.05, 3.63) is 46.2 Å². The molecule has 0 bridgehead atoms. The minimum Gasteiger partial charge on any atom is -0.441 e. The molecule has 0 atom stereocenters. The molecule has 0 aliphatic heterocycles. The van der Waals surface area contributed by atoms with Crippen molar-refractivity contribution in [1.82, 2.24) is 4.98 Å². The van der Waals surface area contributed by atoms with Gasteiger partial charge >= 0.3 is 0 Å². The minimum atomic E-state index is 0.579. The molecule has 0 N–H and O–H groups in total. The van der Waals surface area contributed by atoms with E-state index in [-0.39, 0.29) is 0 Å². The Balaban J connectivity index is 2.35. The Morgan fingerprint density at radius 1 is 1.35 bits per heavy atom. The lowest BCUT2D eigenvalue weighted by atomic mass is 10.2. The maximum Gasteiger partial charge on any atom is 0.226 e. The Morgan fingerprint density at radius 3 is 2.59 bits per heavy atom. The van der Waals surface area contributed by atoms with Crippen molar-refractivity contribution in [3.8, 4) is 11.5 Å². The zero-order valence-corrected chi connectivity index (χ0v) is 9.71. The van der Waals surface area contributed by atoms with Crippen molar-refractivity contribution < 1.29 is 4.42 Å². The fraction of sp³-hybridized carbons (Fsp3) is 0.250. The van der Waals surface area contributed by atoms with Crippen LogP contribution >= 0.6 is 0 Å². The summed E-state index contributed by atoms with van der Waals surface area (Å²) in [5.41, 5.74) is 10.7. The number of oxazole rings is 1. The van der Waals surface area contributed by atoms with Crippen LogP contribution in [0.25, 0.3) is 21.9 Å². The number of aromatic nitrogens is 1. The largest absolute Gasteiger partial charge is 0.441 e. The summed E-state index contributed by atoms with van der Waals surface area (Å²) in [6, 6.07) is 7.13. The summed E-state index contributed by atoms with van der Waals surface area (Å²) in [6.07, 6.45) is 0.853. The lowest BCUT2D eigenvalue weighted by molar-refractivity contribution is 0.539. The second-order valence-corrected chi connectivity index (χ2v) is 3.61. The molecule has 0 spiro atoms. The van der Waals surface area contributed by atoms with Crippen molar-refractivity contribution in [2.24, 2.45) is 5.11 Å². The van der Waals surface area contributed by atoms with E-state index in [1.807, 2.05) is 26.0 Å². The first-order chi connectivity index (χ1) is 8.24. The second kappa shape index (κ2) is 4.72. The summed E-state index contributed by atoms with van der Waals surface area (Å²) < 4.78 is 5.58. The highest BCUT2D eigenvalue weighted by molar-refractivity contribution is 5.57. The van der Waals surface area contributed by atoms with Crippen molar-refractivity contribution >= 4 is 5.69 Å². The molecule has 0 aliphatic rings. The van der Waals surface area contributed by atoms with E-state index in [1.165, 1.54) is 0 Å². The monoisotopic (exact) mass is 228 g/mol. The molecule has 1 heterocycles. The smallest absolute Gasteiger partial charge is 0.226 e. The molecule has 0 fully saturated rings. The molecular weight excluding hydrogens is 216 g/mol. The maximum atomic E-state index is 8.31. The first-order valence-corrected chi connectivity index (χ1v) is 5.36. The van der Waals surface area contributed by atoms with Gasteiger partial charge in [0.2, 0.25) is 5.89 Å². The number of rotatable bonds is 3. The van der Waals surface area contributed by atoms with Crippen LogP contribution in [0.2, 0.25) is 0 Å². The molecular formula is C12H12N4O. The predicted molar refractivity (Wildman–Crippen MR) is 64.9 cm³/mol. The molecule has 2 aromatic rings. The van der Waals surface area contributed by atoms with Crippen LogP contribution in [0.5, 0.6) is 0 Å². The van der Waals surface area contributed by atoms with Crippen molar-refractivity contribution in [3.63, 3.8) is 0 Å². The second-order valence-electron chi connectivity index (χ2n) is 3.61. The Bertz CT molecular complexity index is 565. The quantitative estimate of drug-likeness (QED) is 0.449. The average Bonchev–Trinajstić information content (AvgIpc) is 2.72. The van der Waals surface area contributed by atoms with Gasteiger partial charge < -0.3 is 4.42 Å². The summed E-state index contributed by atoms with van der Waals surface area (Å²) in [4.78, 5) is 7.13. The van der Waals surface area contributed by atoms with E-state index in [0.717, 1.165) is 23.4 Å². The zero-order valence-electron chi connectivity index (χ0n) is 9.71. The molecule has 5 heteroatoms. The van der Waals surface area contributed by atoms with Crippen LogP contribution in [0.15, 0.2) is 33.8 Å². The number of benzene rings is 1. The molecule has 5 nitrogen and oxygen atoms in total. The third kappa shape index (κ3) is 2.29. The molecule has 1 aromatic carbocycles. The maximum absolute atomic E-state index is 8.31. The van der Waals surface area contributed by atoms with E-state index in [4.69, 9.17) is 9.95 Å². The van der Waals surface area contributed by atoms with Crippen LogP contribution in [0, 0.1) is 6.92 Å². The summed E-state index contributed by atoms with van der Waals surface area (Å²) >= 11 is 0. The highest BCUT2D eigenvalue weighted by Gasteiger charge is 2.09. The third-order valence-electron chi connectivity index (χ3n) is 2.50. The van der Waals surface area contributed by atoms with Crippen LogP contribution in [0.3, 0.4) is 0 Å². The number of nitrogens with zero attached hydrogens (tertiary/aromatic N) is 4. The molecule has 86 valence electrons. The molecule has 0 aliphatic carbocycles. The molecule has 2 rings (SSSR count). The highest BCUT2D eigenvalue weighted by Crippen LogP contribution is 2.24. The SMILES string of the molecule is CCc1nc(-c2ccc(N=[N+]=[N-])cc2)oc1C. The van der Waals surface area contributed by atoms with Gasteiger partial charge in [0.05, 0.1) is 5.69 Å². The predicted octanol–water partition coefficient (Wildman–Crippen LogP) is 4.15. The van der Waals surface area contributed by atoms with Gasteiger partial charge in [-0.05, 0) is 31.0 Å². The summed E-state index contributed by atoms with van der Waals surface area (Å²) in [5.74, 6) is 1.45. The van der Waals surface area contributed by atoms with Gasteiger partial charge in [-0.3, -0.25) is 0 Å². The first-order valence-electron chi connectivity index (χ1n) is 5.36. The van der Waals surface area contributed by atoms with Crippen LogP contribution in [-0.2, 0) is 6.42 Å². The van der Waals surface area contributed by atoms with E-state index in [1.54, 1.807) is 12.1 Å². The Morgan fingerprint density at radius 2 is 2.06 bits per heavy atom. The summed E-state index contributed by atoms with van der Waals surface area (Å²) in [5, 5.41) is 3.51. The molecule has 17 heavy (non-hydrogen) atoms. The van der Waals surface area contributed by atoms with Crippen molar-refractivity contribution in [2.45, 2.75) is 20.3 Å². The molecule has 0 amide bonds. The van der Waals surface area contributed by atoms with Gasteiger partial charge in [-0.15, -0.1) is 0 Å². The van der Waals surface area contributed by atoms with Gasteiger partial charge in [-0.1, -0.05) is 24.2 Å². The van der Waals surface area contributed by atoms with Crippen LogP contribution in [0.1, 0.15) is 18.4 Å². The highest BCUT2D eigenvalue weighted by atomic mass is 16.4. The van der Waals surface area contributed by atoms with Crippen LogP contribution in [-0.4, -0.2) is 4.98 Å².